The van der Waals surface area contributed by atoms with Crippen LogP contribution in [0.25, 0.3) is 71.2 Å². The van der Waals surface area contributed by atoms with Crippen LogP contribution in [0.1, 0.15) is 25.0 Å². The minimum atomic E-state index is -0.0509. The van der Waals surface area contributed by atoms with Crippen LogP contribution in [-0.4, -0.2) is 7.35 Å². The number of hydrogen-bond donors (Lipinski definition) is 0. The second kappa shape index (κ2) is 7.76. The topological polar surface area (TPSA) is 9.86 Å². The van der Waals surface area contributed by atoms with Crippen LogP contribution in [0.15, 0.2) is 115 Å². The highest BCUT2D eigenvalue weighted by Gasteiger charge is 2.35. The van der Waals surface area contributed by atoms with Crippen molar-refractivity contribution >= 4 is 77.2 Å². The number of hydrogen-bond acceptors (Lipinski definition) is 0. The maximum Gasteiger partial charge on any atom is 0.0676 e. The van der Waals surface area contributed by atoms with Gasteiger partial charge in [0.25, 0.3) is 0 Å². The van der Waals surface area contributed by atoms with E-state index in [1.54, 1.807) is 0 Å². The van der Waals surface area contributed by atoms with Crippen molar-refractivity contribution in [3.63, 3.8) is 0 Å². The summed E-state index contributed by atoms with van der Waals surface area (Å²) >= 11 is 2.49. The van der Waals surface area contributed by atoms with Crippen LogP contribution in [0.4, 0.5) is 0 Å². The summed E-state index contributed by atoms with van der Waals surface area (Å²) < 4.78 is 4.87. The predicted octanol–water partition coefficient (Wildman–Crippen LogP) is 10.5. The third kappa shape index (κ3) is 2.69. The van der Waals surface area contributed by atoms with E-state index < -0.39 is 0 Å². The maximum atomic E-state index is 2.52. The van der Waals surface area contributed by atoms with E-state index in [2.05, 4.69) is 159 Å². The normalized spacial score (nSPS) is 14.1. The molecule has 0 saturated heterocycles. The number of aromatic nitrogens is 2. The van der Waals surface area contributed by atoms with Crippen molar-refractivity contribution in [2.45, 2.75) is 19.3 Å². The Morgan fingerprint density at radius 1 is 0.525 bits per heavy atom. The first-order valence-electron chi connectivity index (χ1n) is 13.8. The van der Waals surface area contributed by atoms with Crippen LogP contribution in [0.2, 0.25) is 0 Å². The molecule has 9 rings (SSSR count). The van der Waals surface area contributed by atoms with Crippen LogP contribution >= 0.6 is 22.9 Å². The summed E-state index contributed by atoms with van der Waals surface area (Å²) in [5.41, 5.74) is 11.8. The highest BCUT2D eigenvalue weighted by Crippen LogP contribution is 2.50. The lowest BCUT2D eigenvalue weighted by Gasteiger charge is -2.22. The fraction of sp³-hybridized carbons (Fsp3) is 0.0811. The van der Waals surface area contributed by atoms with Crippen molar-refractivity contribution < 1.29 is 0 Å². The Balaban J connectivity index is 1.50. The van der Waals surface area contributed by atoms with Gasteiger partial charge in [-0.15, -0.1) is 0 Å². The summed E-state index contributed by atoms with van der Waals surface area (Å²) in [5, 5.41) is 7.83. The van der Waals surface area contributed by atoms with E-state index in [0.717, 1.165) is 0 Å². The van der Waals surface area contributed by atoms with E-state index in [9.17, 15) is 0 Å². The van der Waals surface area contributed by atoms with Gasteiger partial charge in [-0.3, -0.25) is 2.78 Å². The molecule has 0 spiro atoms. The van der Waals surface area contributed by atoms with Gasteiger partial charge in [0, 0.05) is 43.4 Å². The van der Waals surface area contributed by atoms with Gasteiger partial charge >= 0.3 is 0 Å². The number of rotatable bonds is 1. The fourth-order valence-electron chi connectivity index (χ4n) is 7.44. The summed E-state index contributed by atoms with van der Waals surface area (Å²) in [6, 6.07) is 42.7. The molecule has 190 valence electrons. The zero-order chi connectivity index (χ0) is 26.7. The monoisotopic (exact) mass is 624 g/mol. The third-order valence-corrected chi connectivity index (χ3v) is 10.2. The Bertz CT molecular complexity index is 2370. The molecule has 6 aromatic carbocycles. The maximum absolute atomic E-state index is 2.52. The van der Waals surface area contributed by atoms with Crippen molar-refractivity contribution in [3.05, 3.63) is 126 Å². The number of benzene rings is 6. The molecule has 0 unspecified atom stereocenters. The zero-order valence-corrected chi connectivity index (χ0v) is 24.4. The average Bonchev–Trinajstić information content (AvgIpc) is 3.57. The Kier molecular flexibility index (Phi) is 4.41. The highest BCUT2D eigenvalue weighted by atomic mass is 127. The van der Waals surface area contributed by atoms with E-state index in [4.69, 9.17) is 0 Å². The lowest BCUT2D eigenvalue weighted by molar-refractivity contribution is 0.660. The summed E-state index contributed by atoms with van der Waals surface area (Å²) in [6.07, 6.45) is 0. The number of fused-ring (bicyclic) bond motifs is 13. The molecular weight excluding hydrogens is 599 g/mol. The molecule has 3 heteroatoms. The SMILES string of the molecule is CC1(C)c2ccccc2-c2ccc(-n3c4ccccc4c4c5c6ccccc6n(I)c5c5ccccc5c43)cc21. The van der Waals surface area contributed by atoms with Crippen LogP contribution in [0.5, 0.6) is 0 Å². The van der Waals surface area contributed by atoms with Gasteiger partial charge in [-0.25, -0.2) is 0 Å². The van der Waals surface area contributed by atoms with E-state index in [0.29, 0.717) is 0 Å². The highest BCUT2D eigenvalue weighted by molar-refractivity contribution is 14.1. The van der Waals surface area contributed by atoms with Gasteiger partial charge < -0.3 is 4.57 Å². The molecule has 1 aliphatic rings. The van der Waals surface area contributed by atoms with Crippen molar-refractivity contribution in [2.24, 2.45) is 0 Å². The van der Waals surface area contributed by atoms with Crippen LogP contribution < -0.4 is 0 Å². The summed E-state index contributed by atoms with van der Waals surface area (Å²) in [5.74, 6) is 0. The Morgan fingerprint density at radius 3 is 1.85 bits per heavy atom. The summed E-state index contributed by atoms with van der Waals surface area (Å²) in [4.78, 5) is 0. The van der Waals surface area contributed by atoms with Crippen LogP contribution in [0, 0.1) is 0 Å². The van der Waals surface area contributed by atoms with E-state index in [1.807, 2.05) is 0 Å². The van der Waals surface area contributed by atoms with Gasteiger partial charge in [-0.1, -0.05) is 105 Å². The molecule has 40 heavy (non-hydrogen) atoms. The molecule has 1 aliphatic carbocycles. The molecule has 2 heterocycles. The molecule has 0 N–H and O–H groups in total. The van der Waals surface area contributed by atoms with Crippen molar-refractivity contribution in [3.8, 4) is 16.8 Å². The molecule has 8 aromatic rings. The van der Waals surface area contributed by atoms with Crippen molar-refractivity contribution in [1.29, 1.82) is 0 Å². The standard InChI is InChI=1S/C37H25IN2/c1-37(2)29-16-8-5-11-23(29)24-20-19-22(21-30(24)37)39-31-17-9-6-14-27(31)33-34-28-15-7-10-18-32(28)40(38)36(34)26-13-4-3-12-25(26)35(33)39/h3-21H,1-2H3. The third-order valence-electron chi connectivity index (χ3n) is 9.21. The molecule has 2 aromatic heterocycles. The number of nitrogens with zero attached hydrogens (tertiary/aromatic N) is 2. The van der Waals surface area contributed by atoms with Gasteiger partial charge in [0.05, 0.1) is 44.9 Å². The fourth-order valence-corrected chi connectivity index (χ4v) is 8.36. The molecule has 0 saturated carbocycles. The number of para-hydroxylation sites is 2. The van der Waals surface area contributed by atoms with Gasteiger partial charge in [0.2, 0.25) is 0 Å². The Morgan fingerprint density at radius 2 is 1.07 bits per heavy atom. The van der Waals surface area contributed by atoms with Gasteiger partial charge in [-0.05, 0) is 46.5 Å². The molecule has 0 atom stereocenters. The van der Waals surface area contributed by atoms with E-state index in [-0.39, 0.29) is 5.41 Å². The van der Waals surface area contributed by atoms with Crippen LogP contribution in [0.3, 0.4) is 0 Å². The second-order valence-corrected chi connectivity index (χ2v) is 12.5. The first-order valence-corrected chi connectivity index (χ1v) is 14.8. The first kappa shape index (κ1) is 22.7. The summed E-state index contributed by atoms with van der Waals surface area (Å²) in [6.45, 7) is 4.73. The van der Waals surface area contributed by atoms with Crippen molar-refractivity contribution in [1.82, 2.24) is 7.35 Å². The lowest BCUT2D eigenvalue weighted by atomic mass is 9.82. The van der Waals surface area contributed by atoms with Crippen molar-refractivity contribution in [2.75, 3.05) is 0 Å². The zero-order valence-electron chi connectivity index (χ0n) is 22.2. The smallest absolute Gasteiger partial charge is 0.0676 e. The quantitative estimate of drug-likeness (QED) is 0.161. The molecule has 0 fully saturated rings. The van der Waals surface area contributed by atoms with Gasteiger partial charge in [0.1, 0.15) is 0 Å². The molecule has 0 radical (unpaired) electrons. The second-order valence-electron chi connectivity index (χ2n) is 11.5. The largest absolute Gasteiger partial charge is 0.309 e. The van der Waals surface area contributed by atoms with E-state index >= 15 is 0 Å². The minimum absolute atomic E-state index is 0.0509. The van der Waals surface area contributed by atoms with Gasteiger partial charge in [-0.2, -0.15) is 0 Å². The first-order chi connectivity index (χ1) is 19.6. The lowest BCUT2D eigenvalue weighted by Crippen LogP contribution is -2.15. The predicted molar refractivity (Wildman–Crippen MR) is 178 cm³/mol. The van der Waals surface area contributed by atoms with Gasteiger partial charge in [0.15, 0.2) is 0 Å². The molecule has 2 nitrogen and oxygen atoms in total. The Labute approximate surface area is 245 Å². The molecule has 0 amide bonds. The van der Waals surface area contributed by atoms with Crippen LogP contribution in [-0.2, 0) is 5.41 Å². The average molecular weight is 625 g/mol. The number of halogens is 1. The summed E-state index contributed by atoms with van der Waals surface area (Å²) in [7, 11) is 0. The molecule has 0 bridgehead atoms. The Hall–Kier alpha value is -4.09. The minimum Gasteiger partial charge on any atom is -0.309 e. The van der Waals surface area contributed by atoms with E-state index in [1.165, 1.54) is 82.3 Å². The molecular formula is C37H25IN2. The molecule has 0 aliphatic heterocycles.